The molecule has 0 saturated heterocycles. The highest BCUT2D eigenvalue weighted by Crippen LogP contribution is 1.98. The van der Waals surface area contributed by atoms with Crippen LogP contribution in [0.25, 0.3) is 0 Å². The Morgan fingerprint density at radius 3 is 3.00 bits per heavy atom. The zero-order valence-corrected chi connectivity index (χ0v) is 9.90. The van der Waals surface area contributed by atoms with Gasteiger partial charge >= 0.3 is 4.87 Å². The van der Waals surface area contributed by atoms with Crippen molar-refractivity contribution in [3.8, 4) is 0 Å². The first-order valence-electron chi connectivity index (χ1n) is 5.35. The minimum atomic E-state index is 0.00878. The molecule has 0 aromatic carbocycles. The van der Waals surface area contributed by atoms with Crippen molar-refractivity contribution in [2.24, 2.45) is 5.73 Å². The fourth-order valence-electron chi connectivity index (χ4n) is 1.43. The minimum absolute atomic E-state index is 0.00878. The summed E-state index contributed by atoms with van der Waals surface area (Å²) in [5.41, 5.74) is 6.82. The highest BCUT2D eigenvalue weighted by molar-refractivity contribution is 7.07. The average Bonchev–Trinajstić information content (AvgIpc) is 2.60. The van der Waals surface area contributed by atoms with Gasteiger partial charge in [0.15, 0.2) is 0 Å². The SMILES string of the molecule is CCCC(N)CCNCc1csc(=O)[nH]1. The molecule has 1 unspecified atom stereocenters. The van der Waals surface area contributed by atoms with Crippen molar-refractivity contribution in [1.29, 1.82) is 0 Å². The Hall–Kier alpha value is -0.650. The number of nitrogens with one attached hydrogen (secondary N) is 2. The molecule has 0 spiro atoms. The molecule has 1 atom stereocenters. The van der Waals surface area contributed by atoms with Gasteiger partial charge in [-0.3, -0.25) is 4.79 Å². The van der Waals surface area contributed by atoms with Gasteiger partial charge in [-0.25, -0.2) is 0 Å². The van der Waals surface area contributed by atoms with E-state index < -0.39 is 0 Å². The summed E-state index contributed by atoms with van der Waals surface area (Å²) in [6.45, 7) is 3.76. The molecule has 1 aromatic heterocycles. The third kappa shape index (κ3) is 5.11. The Labute approximate surface area is 93.9 Å². The predicted molar refractivity (Wildman–Crippen MR) is 64.1 cm³/mol. The monoisotopic (exact) mass is 229 g/mol. The second kappa shape index (κ2) is 6.76. The summed E-state index contributed by atoms with van der Waals surface area (Å²) >= 11 is 1.20. The molecule has 4 nitrogen and oxygen atoms in total. The third-order valence-corrected chi connectivity index (χ3v) is 2.96. The van der Waals surface area contributed by atoms with E-state index in [1.807, 2.05) is 5.38 Å². The molecule has 0 amide bonds. The molecule has 0 aliphatic rings. The minimum Gasteiger partial charge on any atom is -0.328 e. The lowest BCUT2D eigenvalue weighted by atomic mass is 10.1. The van der Waals surface area contributed by atoms with E-state index in [1.54, 1.807) is 0 Å². The Kier molecular flexibility index (Phi) is 5.60. The lowest BCUT2D eigenvalue weighted by Gasteiger charge is -2.10. The Morgan fingerprint density at radius 2 is 2.40 bits per heavy atom. The maximum Gasteiger partial charge on any atom is 0.304 e. The second-order valence-electron chi connectivity index (χ2n) is 3.69. The van der Waals surface area contributed by atoms with E-state index >= 15 is 0 Å². The summed E-state index contributed by atoms with van der Waals surface area (Å²) in [5, 5.41) is 5.11. The highest BCUT2D eigenvalue weighted by atomic mass is 32.1. The van der Waals surface area contributed by atoms with Gasteiger partial charge in [-0.2, -0.15) is 0 Å². The van der Waals surface area contributed by atoms with Gasteiger partial charge < -0.3 is 16.0 Å². The van der Waals surface area contributed by atoms with E-state index in [0.717, 1.165) is 38.0 Å². The molecule has 86 valence electrons. The summed E-state index contributed by atoms with van der Waals surface area (Å²) < 4.78 is 0. The van der Waals surface area contributed by atoms with E-state index in [-0.39, 0.29) is 4.87 Å². The van der Waals surface area contributed by atoms with E-state index in [0.29, 0.717) is 6.04 Å². The molecule has 0 saturated carbocycles. The van der Waals surface area contributed by atoms with E-state index in [2.05, 4.69) is 17.2 Å². The maximum absolute atomic E-state index is 10.8. The molecule has 4 N–H and O–H groups in total. The molecule has 5 heteroatoms. The van der Waals surface area contributed by atoms with Gasteiger partial charge in [0, 0.05) is 23.7 Å². The van der Waals surface area contributed by atoms with Crippen LogP contribution in [0.4, 0.5) is 0 Å². The maximum atomic E-state index is 10.8. The predicted octanol–water partition coefficient (Wildman–Crippen LogP) is 1.04. The number of hydrogen-bond acceptors (Lipinski definition) is 4. The summed E-state index contributed by atoms with van der Waals surface area (Å²) in [5.74, 6) is 0. The normalized spacial score (nSPS) is 12.9. The number of thiazole rings is 1. The first-order chi connectivity index (χ1) is 7.22. The van der Waals surface area contributed by atoms with Gasteiger partial charge in [0.25, 0.3) is 0 Å². The zero-order chi connectivity index (χ0) is 11.1. The fourth-order valence-corrected chi connectivity index (χ4v) is 2.01. The smallest absolute Gasteiger partial charge is 0.304 e. The second-order valence-corrected chi connectivity index (χ2v) is 4.53. The molecular weight excluding hydrogens is 210 g/mol. The van der Waals surface area contributed by atoms with Crippen molar-refractivity contribution in [2.75, 3.05) is 6.54 Å². The van der Waals surface area contributed by atoms with Gasteiger partial charge in [-0.05, 0) is 19.4 Å². The van der Waals surface area contributed by atoms with Crippen LogP contribution in [0, 0.1) is 0 Å². The van der Waals surface area contributed by atoms with Crippen molar-refractivity contribution in [3.05, 3.63) is 20.7 Å². The van der Waals surface area contributed by atoms with E-state index in [9.17, 15) is 4.79 Å². The Balaban J connectivity index is 2.09. The number of nitrogens with two attached hydrogens (primary N) is 1. The Bertz CT molecular complexity index is 320. The number of H-pyrrole nitrogens is 1. The van der Waals surface area contributed by atoms with Gasteiger partial charge in [0.2, 0.25) is 0 Å². The average molecular weight is 229 g/mol. The summed E-state index contributed by atoms with van der Waals surface area (Å²) in [6.07, 6.45) is 3.21. The van der Waals surface area contributed by atoms with Crippen molar-refractivity contribution in [1.82, 2.24) is 10.3 Å². The standard InChI is InChI=1S/C10H19N3OS/c1-2-3-8(11)4-5-12-6-9-7-15-10(14)13-9/h7-8,12H,2-6,11H2,1H3,(H,13,14). The van der Waals surface area contributed by atoms with Crippen LogP contribution >= 0.6 is 11.3 Å². The first-order valence-corrected chi connectivity index (χ1v) is 6.23. The molecule has 1 heterocycles. The zero-order valence-electron chi connectivity index (χ0n) is 9.08. The number of aromatic nitrogens is 1. The van der Waals surface area contributed by atoms with Gasteiger partial charge in [0.05, 0.1) is 0 Å². The molecule has 0 radical (unpaired) electrons. The molecular formula is C10H19N3OS. The van der Waals surface area contributed by atoms with Crippen LogP contribution in [-0.4, -0.2) is 17.6 Å². The van der Waals surface area contributed by atoms with Crippen LogP contribution in [0.1, 0.15) is 31.9 Å². The fraction of sp³-hybridized carbons (Fsp3) is 0.700. The van der Waals surface area contributed by atoms with Crippen LogP contribution in [0.5, 0.6) is 0 Å². The van der Waals surface area contributed by atoms with Gasteiger partial charge in [0.1, 0.15) is 0 Å². The first kappa shape index (κ1) is 12.4. The van der Waals surface area contributed by atoms with Crippen molar-refractivity contribution in [3.63, 3.8) is 0 Å². The molecule has 0 bridgehead atoms. The van der Waals surface area contributed by atoms with Crippen LogP contribution < -0.4 is 15.9 Å². The lowest BCUT2D eigenvalue weighted by Crippen LogP contribution is -2.26. The van der Waals surface area contributed by atoms with E-state index in [1.165, 1.54) is 11.3 Å². The third-order valence-electron chi connectivity index (χ3n) is 2.24. The van der Waals surface area contributed by atoms with Crippen LogP contribution in [-0.2, 0) is 6.54 Å². The van der Waals surface area contributed by atoms with Gasteiger partial charge in [-0.1, -0.05) is 24.7 Å². The molecule has 0 aliphatic carbocycles. The number of rotatable bonds is 7. The van der Waals surface area contributed by atoms with Crippen LogP contribution in [0.3, 0.4) is 0 Å². The molecule has 15 heavy (non-hydrogen) atoms. The van der Waals surface area contributed by atoms with Crippen molar-refractivity contribution >= 4 is 11.3 Å². The molecule has 0 fully saturated rings. The summed E-state index contributed by atoms with van der Waals surface area (Å²) in [7, 11) is 0. The number of hydrogen-bond donors (Lipinski definition) is 3. The lowest BCUT2D eigenvalue weighted by molar-refractivity contribution is 0.525. The summed E-state index contributed by atoms with van der Waals surface area (Å²) in [6, 6.07) is 0.295. The summed E-state index contributed by atoms with van der Waals surface area (Å²) in [4.78, 5) is 13.6. The topological polar surface area (TPSA) is 70.9 Å². The Morgan fingerprint density at radius 1 is 1.60 bits per heavy atom. The quantitative estimate of drug-likeness (QED) is 0.612. The van der Waals surface area contributed by atoms with Crippen molar-refractivity contribution < 1.29 is 0 Å². The van der Waals surface area contributed by atoms with Gasteiger partial charge in [-0.15, -0.1) is 0 Å². The number of aromatic amines is 1. The van der Waals surface area contributed by atoms with Crippen LogP contribution in [0.15, 0.2) is 10.2 Å². The molecule has 0 aliphatic heterocycles. The van der Waals surface area contributed by atoms with E-state index in [4.69, 9.17) is 5.73 Å². The highest BCUT2D eigenvalue weighted by Gasteiger charge is 2.00. The van der Waals surface area contributed by atoms with Crippen molar-refractivity contribution in [2.45, 2.75) is 38.8 Å². The molecule has 1 aromatic rings. The molecule has 1 rings (SSSR count). The van der Waals surface area contributed by atoms with Crippen LogP contribution in [0.2, 0.25) is 0 Å². The largest absolute Gasteiger partial charge is 0.328 e.